The number of sulfonamides is 1. The highest BCUT2D eigenvalue weighted by Crippen LogP contribution is 2.34. The molecule has 4 rings (SSSR count). The van der Waals surface area contributed by atoms with Crippen molar-refractivity contribution in [1.82, 2.24) is 9.21 Å². The Morgan fingerprint density at radius 3 is 1.85 bits per heavy atom. The van der Waals surface area contributed by atoms with Gasteiger partial charge in [0.1, 0.15) is 0 Å². The van der Waals surface area contributed by atoms with Gasteiger partial charge in [0.15, 0.2) is 5.37 Å². The summed E-state index contributed by atoms with van der Waals surface area (Å²) in [5.74, 6) is 0. The van der Waals surface area contributed by atoms with Crippen molar-refractivity contribution in [2.75, 3.05) is 26.2 Å². The van der Waals surface area contributed by atoms with Crippen molar-refractivity contribution in [2.24, 2.45) is 0 Å². The van der Waals surface area contributed by atoms with E-state index in [9.17, 15) is 8.42 Å². The molecule has 0 aromatic heterocycles. The predicted molar refractivity (Wildman–Crippen MR) is 110 cm³/mol. The quantitative estimate of drug-likeness (QED) is 0.773. The molecule has 0 N–H and O–H groups in total. The molecule has 0 bridgehead atoms. The fourth-order valence-corrected chi connectivity index (χ4v) is 6.42. The average Bonchev–Trinajstić information content (AvgIpc) is 3.26. The van der Waals surface area contributed by atoms with Gasteiger partial charge in [-0.2, -0.15) is 0 Å². The Kier molecular flexibility index (Phi) is 5.62. The summed E-state index contributed by atoms with van der Waals surface area (Å²) < 4.78 is 28.6. The van der Waals surface area contributed by atoms with Crippen LogP contribution in [0.15, 0.2) is 54.6 Å². The predicted octanol–water partition coefficient (Wildman–Crippen LogP) is 4.26. The minimum atomic E-state index is -3.37. The van der Waals surface area contributed by atoms with Crippen molar-refractivity contribution in [2.45, 2.75) is 37.5 Å². The van der Waals surface area contributed by atoms with Crippen molar-refractivity contribution < 1.29 is 8.42 Å². The Morgan fingerprint density at radius 2 is 1.22 bits per heavy atom. The van der Waals surface area contributed by atoms with Crippen LogP contribution in [0.4, 0.5) is 0 Å². The first-order valence-corrected chi connectivity index (χ1v) is 11.5. The zero-order chi connectivity index (χ0) is 18.7. The van der Waals surface area contributed by atoms with Gasteiger partial charge in [0, 0.05) is 13.1 Å². The third-order valence-corrected chi connectivity index (χ3v) is 7.95. The largest absolute Gasteiger partial charge is 0.282 e. The van der Waals surface area contributed by atoms with Gasteiger partial charge in [0.25, 0.3) is 0 Å². The zero-order valence-electron chi connectivity index (χ0n) is 15.8. The van der Waals surface area contributed by atoms with Crippen LogP contribution in [0.5, 0.6) is 0 Å². The fourth-order valence-electron chi connectivity index (χ4n) is 4.28. The fraction of sp³-hybridized carbons (Fsp3) is 0.455. The number of hydrogen-bond acceptors (Lipinski definition) is 3. The lowest BCUT2D eigenvalue weighted by atomic mass is 10.0. The summed E-state index contributed by atoms with van der Waals surface area (Å²) in [6.45, 7) is 3.04. The summed E-state index contributed by atoms with van der Waals surface area (Å²) in [5, 5.41) is -0.555. The van der Waals surface area contributed by atoms with Crippen molar-refractivity contribution in [1.29, 1.82) is 0 Å². The van der Waals surface area contributed by atoms with E-state index in [0.717, 1.165) is 55.5 Å². The molecule has 1 unspecified atom stereocenters. The van der Waals surface area contributed by atoms with Gasteiger partial charge in [-0.15, -0.1) is 0 Å². The van der Waals surface area contributed by atoms with Gasteiger partial charge in [-0.05, 0) is 55.5 Å². The van der Waals surface area contributed by atoms with E-state index in [1.54, 1.807) is 4.31 Å². The number of likely N-dealkylation sites (tertiary alicyclic amines) is 1. The first-order chi connectivity index (χ1) is 13.2. The topological polar surface area (TPSA) is 40.6 Å². The Labute approximate surface area is 162 Å². The first-order valence-electron chi connectivity index (χ1n) is 10.0. The molecule has 2 heterocycles. The average molecular weight is 385 g/mol. The molecule has 1 atom stereocenters. The molecule has 0 radical (unpaired) electrons. The molecular formula is C22H28N2O2S. The van der Waals surface area contributed by atoms with Crippen molar-refractivity contribution in [3.63, 3.8) is 0 Å². The molecule has 2 aromatic rings. The minimum absolute atomic E-state index is 0.555. The van der Waals surface area contributed by atoms with Gasteiger partial charge in [0.2, 0.25) is 10.0 Å². The van der Waals surface area contributed by atoms with Crippen LogP contribution in [-0.4, -0.2) is 43.8 Å². The standard InChI is InChI=1S/C22H28N2O2S/c25-27(26,24-17-7-8-18-24)22(23-15-5-2-6-16-23)21-13-11-20(12-14-21)19-9-3-1-4-10-19/h1,3-4,9-14,22H,2,5-8,15-18H2. The highest BCUT2D eigenvalue weighted by molar-refractivity contribution is 7.89. The molecule has 0 aliphatic carbocycles. The van der Waals surface area contributed by atoms with Crippen molar-refractivity contribution in [3.8, 4) is 11.1 Å². The van der Waals surface area contributed by atoms with Gasteiger partial charge in [-0.25, -0.2) is 12.7 Å². The summed E-state index contributed by atoms with van der Waals surface area (Å²) in [5.41, 5.74) is 3.17. The lowest BCUT2D eigenvalue weighted by Crippen LogP contribution is -2.43. The number of rotatable bonds is 5. The Morgan fingerprint density at radius 1 is 0.667 bits per heavy atom. The minimum Gasteiger partial charge on any atom is -0.282 e. The van der Waals surface area contributed by atoms with Crippen LogP contribution in [-0.2, 0) is 10.0 Å². The van der Waals surface area contributed by atoms with Crippen molar-refractivity contribution in [3.05, 3.63) is 60.2 Å². The first kappa shape index (κ1) is 18.7. The molecule has 0 amide bonds. The maximum atomic E-state index is 13.5. The summed E-state index contributed by atoms with van der Waals surface area (Å²) >= 11 is 0. The smallest absolute Gasteiger partial charge is 0.234 e. The molecule has 0 saturated carbocycles. The van der Waals surface area contributed by atoms with Crippen LogP contribution < -0.4 is 0 Å². The molecular weight excluding hydrogens is 356 g/mol. The Balaban J connectivity index is 1.67. The van der Waals surface area contributed by atoms with Crippen LogP contribution in [0, 0.1) is 0 Å². The van der Waals surface area contributed by atoms with Crippen LogP contribution in [0.2, 0.25) is 0 Å². The van der Waals surface area contributed by atoms with Crippen LogP contribution in [0.1, 0.15) is 43.0 Å². The molecule has 27 heavy (non-hydrogen) atoms. The van der Waals surface area contributed by atoms with E-state index >= 15 is 0 Å². The molecule has 2 aliphatic rings. The molecule has 2 aliphatic heterocycles. The highest BCUT2D eigenvalue weighted by atomic mass is 32.2. The van der Waals surface area contributed by atoms with E-state index in [1.165, 1.54) is 6.42 Å². The van der Waals surface area contributed by atoms with E-state index in [2.05, 4.69) is 29.2 Å². The van der Waals surface area contributed by atoms with Gasteiger partial charge < -0.3 is 0 Å². The van der Waals surface area contributed by atoms with Crippen molar-refractivity contribution >= 4 is 10.0 Å². The van der Waals surface area contributed by atoms with E-state index < -0.39 is 15.4 Å². The van der Waals surface area contributed by atoms with Crippen LogP contribution in [0.25, 0.3) is 11.1 Å². The monoisotopic (exact) mass is 384 g/mol. The third kappa shape index (κ3) is 3.96. The molecule has 5 heteroatoms. The Bertz CT molecular complexity index is 838. The lowest BCUT2D eigenvalue weighted by Gasteiger charge is -2.36. The van der Waals surface area contributed by atoms with Crippen LogP contribution >= 0.6 is 0 Å². The summed E-state index contributed by atoms with van der Waals surface area (Å²) in [4.78, 5) is 2.18. The van der Waals surface area contributed by atoms with Gasteiger partial charge in [-0.3, -0.25) is 4.90 Å². The molecule has 0 spiro atoms. The summed E-state index contributed by atoms with van der Waals surface area (Å²) in [7, 11) is -3.37. The molecule has 144 valence electrons. The Hall–Kier alpha value is -1.69. The highest BCUT2D eigenvalue weighted by Gasteiger charge is 2.39. The van der Waals surface area contributed by atoms with Gasteiger partial charge in [-0.1, -0.05) is 61.0 Å². The van der Waals surface area contributed by atoms with E-state index in [-0.39, 0.29) is 0 Å². The number of benzene rings is 2. The van der Waals surface area contributed by atoms with Crippen LogP contribution in [0.3, 0.4) is 0 Å². The van der Waals surface area contributed by atoms with E-state index in [4.69, 9.17) is 0 Å². The number of nitrogens with zero attached hydrogens (tertiary/aromatic N) is 2. The van der Waals surface area contributed by atoms with E-state index in [0.29, 0.717) is 13.1 Å². The third-order valence-electron chi connectivity index (χ3n) is 5.73. The second-order valence-corrected chi connectivity index (χ2v) is 9.58. The number of hydrogen-bond donors (Lipinski definition) is 0. The number of piperidine rings is 1. The zero-order valence-corrected chi connectivity index (χ0v) is 16.6. The summed E-state index contributed by atoms with van der Waals surface area (Å²) in [6.07, 6.45) is 5.29. The molecule has 2 fully saturated rings. The second kappa shape index (κ2) is 8.13. The van der Waals surface area contributed by atoms with Gasteiger partial charge in [0.05, 0.1) is 0 Å². The maximum absolute atomic E-state index is 13.5. The SMILES string of the molecule is O=S(=O)(C(c1ccc(-c2ccccc2)cc1)N1CCCCC1)N1CCCC1. The lowest BCUT2D eigenvalue weighted by molar-refractivity contribution is 0.202. The molecule has 2 aromatic carbocycles. The normalized spacial score (nSPS) is 20.6. The second-order valence-electron chi connectivity index (χ2n) is 7.59. The van der Waals surface area contributed by atoms with Gasteiger partial charge >= 0.3 is 0 Å². The maximum Gasteiger partial charge on any atom is 0.234 e. The molecule has 2 saturated heterocycles. The summed E-state index contributed by atoms with van der Waals surface area (Å²) in [6, 6.07) is 18.4. The van der Waals surface area contributed by atoms with E-state index in [1.807, 2.05) is 30.3 Å². The molecule has 4 nitrogen and oxygen atoms in total.